The minimum absolute atomic E-state index is 0.123. The minimum Gasteiger partial charge on any atom is -0.478 e. The van der Waals surface area contributed by atoms with E-state index in [0.29, 0.717) is 5.69 Å². The Morgan fingerprint density at radius 3 is 2.33 bits per heavy atom. The van der Waals surface area contributed by atoms with E-state index in [9.17, 15) is 9.59 Å². The number of rotatable bonds is 5. The van der Waals surface area contributed by atoms with Crippen molar-refractivity contribution in [2.24, 2.45) is 0 Å². The third-order valence-corrected chi connectivity index (χ3v) is 3.97. The van der Waals surface area contributed by atoms with E-state index < -0.39 is 5.97 Å². The van der Waals surface area contributed by atoms with Crippen LogP contribution in [0.4, 0.5) is 5.69 Å². The lowest BCUT2D eigenvalue weighted by molar-refractivity contribution is -0.115. The van der Waals surface area contributed by atoms with Crippen molar-refractivity contribution >= 4 is 29.3 Å². The van der Waals surface area contributed by atoms with E-state index in [4.69, 9.17) is 5.11 Å². The number of carboxylic acid groups (broad SMARTS) is 1. The molecule has 4 nitrogen and oxygen atoms in total. The predicted molar refractivity (Wildman–Crippen MR) is 84.0 cm³/mol. The first kappa shape index (κ1) is 15.1. The van der Waals surface area contributed by atoms with E-state index in [-0.39, 0.29) is 17.2 Å². The molecule has 0 fully saturated rings. The summed E-state index contributed by atoms with van der Waals surface area (Å²) in [4.78, 5) is 25.8. The van der Waals surface area contributed by atoms with E-state index in [1.165, 1.54) is 22.7 Å². The number of carbonyl (C=O) groups is 2. The topological polar surface area (TPSA) is 57.6 Å². The molecule has 2 aromatic carbocycles. The Balaban J connectivity index is 2.08. The summed E-state index contributed by atoms with van der Waals surface area (Å²) in [5.74, 6) is -0.924. The van der Waals surface area contributed by atoms with Gasteiger partial charge in [0.25, 0.3) is 0 Å². The van der Waals surface area contributed by atoms with Crippen LogP contribution in [0, 0.1) is 0 Å². The molecule has 2 aromatic rings. The highest BCUT2D eigenvalue weighted by Gasteiger charge is 2.17. The number of aromatic carboxylic acids is 1. The quantitative estimate of drug-likeness (QED) is 0.862. The molecule has 0 unspecified atom stereocenters. The summed E-state index contributed by atoms with van der Waals surface area (Å²) in [5, 5.41) is 9.16. The molecule has 5 heteroatoms. The zero-order valence-electron chi connectivity index (χ0n) is 11.5. The molecule has 0 saturated heterocycles. The Kier molecular flexibility index (Phi) is 5.00. The number of benzene rings is 2. The highest BCUT2D eigenvalue weighted by molar-refractivity contribution is 8.00. The van der Waals surface area contributed by atoms with Gasteiger partial charge in [-0.25, -0.2) is 4.79 Å². The SMILES string of the molecule is CN(C(=O)CSc1ccccc1)c1ccccc1C(=O)O. The lowest BCUT2D eigenvalue weighted by Gasteiger charge is -2.19. The predicted octanol–water partition coefficient (Wildman–Crippen LogP) is 3.14. The van der Waals surface area contributed by atoms with Gasteiger partial charge in [0.05, 0.1) is 17.0 Å². The van der Waals surface area contributed by atoms with Crippen LogP contribution in [0.3, 0.4) is 0 Å². The molecule has 0 bridgehead atoms. The first-order chi connectivity index (χ1) is 10.1. The summed E-state index contributed by atoms with van der Waals surface area (Å²) in [6.45, 7) is 0. The summed E-state index contributed by atoms with van der Waals surface area (Å²) in [6, 6.07) is 16.1. The molecule has 0 aliphatic carbocycles. The standard InChI is InChI=1S/C16H15NO3S/c1-17(14-10-6-5-9-13(14)16(19)20)15(18)11-21-12-7-3-2-4-8-12/h2-10H,11H2,1H3,(H,19,20). The van der Waals surface area contributed by atoms with Crippen molar-refractivity contribution in [3.8, 4) is 0 Å². The van der Waals surface area contributed by atoms with Crippen LogP contribution in [0.2, 0.25) is 0 Å². The fourth-order valence-corrected chi connectivity index (χ4v) is 2.67. The summed E-state index contributed by atoms with van der Waals surface area (Å²) in [7, 11) is 1.59. The van der Waals surface area contributed by atoms with Crippen molar-refractivity contribution in [3.05, 3.63) is 60.2 Å². The molecule has 0 aliphatic rings. The number of hydrogen-bond donors (Lipinski definition) is 1. The largest absolute Gasteiger partial charge is 0.478 e. The number of hydrogen-bond acceptors (Lipinski definition) is 3. The van der Waals surface area contributed by atoms with Crippen molar-refractivity contribution < 1.29 is 14.7 Å². The Morgan fingerprint density at radius 2 is 1.67 bits per heavy atom. The molecule has 0 radical (unpaired) electrons. The minimum atomic E-state index is -1.04. The van der Waals surface area contributed by atoms with Crippen LogP contribution in [0.15, 0.2) is 59.5 Å². The maximum absolute atomic E-state index is 12.2. The normalized spacial score (nSPS) is 10.1. The third kappa shape index (κ3) is 3.86. The van der Waals surface area contributed by atoms with Crippen molar-refractivity contribution in [1.29, 1.82) is 0 Å². The van der Waals surface area contributed by atoms with Gasteiger partial charge in [0.2, 0.25) is 5.91 Å². The van der Waals surface area contributed by atoms with E-state index in [1.54, 1.807) is 25.2 Å². The lowest BCUT2D eigenvalue weighted by atomic mass is 10.1. The average Bonchev–Trinajstić information content (AvgIpc) is 2.52. The lowest BCUT2D eigenvalue weighted by Crippen LogP contribution is -2.29. The van der Waals surface area contributed by atoms with E-state index in [2.05, 4.69) is 0 Å². The number of anilines is 1. The molecular formula is C16H15NO3S. The molecule has 2 rings (SSSR count). The van der Waals surface area contributed by atoms with Crippen LogP contribution < -0.4 is 4.90 Å². The maximum atomic E-state index is 12.2. The van der Waals surface area contributed by atoms with Gasteiger partial charge < -0.3 is 10.0 Å². The number of para-hydroxylation sites is 1. The highest BCUT2D eigenvalue weighted by Crippen LogP contribution is 2.22. The van der Waals surface area contributed by atoms with Gasteiger partial charge in [-0.3, -0.25) is 4.79 Å². The van der Waals surface area contributed by atoms with Crippen LogP contribution in [-0.4, -0.2) is 29.8 Å². The maximum Gasteiger partial charge on any atom is 0.337 e. The average molecular weight is 301 g/mol. The van der Waals surface area contributed by atoms with Gasteiger partial charge in [0.15, 0.2) is 0 Å². The number of amides is 1. The Labute approximate surface area is 127 Å². The zero-order chi connectivity index (χ0) is 15.2. The van der Waals surface area contributed by atoms with Gasteiger partial charge in [-0.1, -0.05) is 30.3 Å². The summed E-state index contributed by atoms with van der Waals surface area (Å²) < 4.78 is 0. The van der Waals surface area contributed by atoms with E-state index in [1.807, 2.05) is 30.3 Å². The second kappa shape index (κ2) is 6.95. The van der Waals surface area contributed by atoms with Crippen LogP contribution in [0.25, 0.3) is 0 Å². The molecule has 1 amide bonds. The molecule has 0 aliphatic heterocycles. The smallest absolute Gasteiger partial charge is 0.337 e. The van der Waals surface area contributed by atoms with E-state index in [0.717, 1.165) is 4.90 Å². The number of carbonyl (C=O) groups excluding carboxylic acids is 1. The van der Waals surface area contributed by atoms with Crippen molar-refractivity contribution in [3.63, 3.8) is 0 Å². The Morgan fingerprint density at radius 1 is 1.05 bits per heavy atom. The second-order valence-corrected chi connectivity index (χ2v) is 5.43. The first-order valence-electron chi connectivity index (χ1n) is 6.36. The van der Waals surface area contributed by atoms with Gasteiger partial charge in [0.1, 0.15) is 0 Å². The fraction of sp³-hybridized carbons (Fsp3) is 0.125. The van der Waals surface area contributed by atoms with Crippen molar-refractivity contribution in [2.45, 2.75) is 4.90 Å². The second-order valence-electron chi connectivity index (χ2n) is 4.38. The van der Waals surface area contributed by atoms with E-state index >= 15 is 0 Å². The van der Waals surface area contributed by atoms with Gasteiger partial charge >= 0.3 is 5.97 Å². The summed E-state index contributed by atoms with van der Waals surface area (Å²) >= 11 is 1.43. The highest BCUT2D eigenvalue weighted by atomic mass is 32.2. The monoisotopic (exact) mass is 301 g/mol. The molecule has 0 heterocycles. The van der Waals surface area contributed by atoms with Gasteiger partial charge in [-0.2, -0.15) is 0 Å². The number of carboxylic acids is 1. The van der Waals surface area contributed by atoms with Crippen molar-refractivity contribution in [1.82, 2.24) is 0 Å². The summed E-state index contributed by atoms with van der Waals surface area (Å²) in [6.07, 6.45) is 0. The zero-order valence-corrected chi connectivity index (χ0v) is 12.3. The molecular weight excluding hydrogens is 286 g/mol. The van der Waals surface area contributed by atoms with Crippen LogP contribution >= 0.6 is 11.8 Å². The van der Waals surface area contributed by atoms with Crippen molar-refractivity contribution in [2.75, 3.05) is 17.7 Å². The molecule has 21 heavy (non-hydrogen) atoms. The Hall–Kier alpha value is -2.27. The van der Waals surface area contributed by atoms with Crippen LogP contribution in [-0.2, 0) is 4.79 Å². The van der Waals surface area contributed by atoms with Crippen LogP contribution in [0.5, 0.6) is 0 Å². The Bertz CT molecular complexity index is 643. The molecule has 108 valence electrons. The molecule has 0 saturated carbocycles. The number of thioether (sulfide) groups is 1. The molecule has 0 aromatic heterocycles. The van der Waals surface area contributed by atoms with Gasteiger partial charge in [-0.15, -0.1) is 11.8 Å². The molecule has 1 N–H and O–H groups in total. The third-order valence-electron chi connectivity index (χ3n) is 2.98. The first-order valence-corrected chi connectivity index (χ1v) is 7.35. The molecule has 0 atom stereocenters. The van der Waals surface area contributed by atoms with Gasteiger partial charge in [-0.05, 0) is 24.3 Å². The number of nitrogens with zero attached hydrogens (tertiary/aromatic N) is 1. The summed E-state index contributed by atoms with van der Waals surface area (Å²) in [5.41, 5.74) is 0.529. The fourth-order valence-electron chi connectivity index (χ4n) is 1.84. The van der Waals surface area contributed by atoms with Crippen LogP contribution in [0.1, 0.15) is 10.4 Å². The van der Waals surface area contributed by atoms with Gasteiger partial charge in [0, 0.05) is 11.9 Å². The molecule has 0 spiro atoms.